The van der Waals surface area contributed by atoms with Crippen molar-refractivity contribution in [1.82, 2.24) is 0 Å². The van der Waals surface area contributed by atoms with E-state index in [1.165, 1.54) is 18.6 Å². The molecule has 0 spiro atoms. The molecule has 0 unspecified atom stereocenters. The van der Waals surface area contributed by atoms with Crippen molar-refractivity contribution in [2.75, 3.05) is 0 Å². The highest BCUT2D eigenvalue weighted by Gasteiger charge is 2.23. The Labute approximate surface area is 155 Å². The average Bonchev–Trinajstić information content (AvgIpc) is 2.59. The number of cyclic esters (lactones) is 1. The molecule has 1 aliphatic rings. The number of aliphatic hydroxyl groups excluding tert-OH is 1. The highest BCUT2D eigenvalue weighted by molar-refractivity contribution is 5.82. The molecule has 1 aromatic carbocycles. The number of carbonyl (C=O) groups excluding carboxylic acids is 2. The number of esters is 2. The van der Waals surface area contributed by atoms with E-state index in [4.69, 9.17) is 9.47 Å². The minimum absolute atomic E-state index is 0.307. The third-order valence-corrected chi connectivity index (χ3v) is 4.42. The molecular formula is C21H28O5. The standard InChI is InChI=1S/C21H28O5/c1-16(22)25-19(11-6-5-10-17-8-3-2-4-9-17)14-18(23)15-20-12-7-13-21(24)26-20/h2-4,7-9,13,18-20,23H,5-6,10-12,14-15H2,1H3/t18-,19+,20+/m0/s1. The zero-order valence-corrected chi connectivity index (χ0v) is 15.3. The lowest BCUT2D eigenvalue weighted by molar-refractivity contribution is -0.148. The minimum atomic E-state index is -0.669. The molecule has 26 heavy (non-hydrogen) atoms. The van der Waals surface area contributed by atoms with Crippen LogP contribution in [0.25, 0.3) is 0 Å². The van der Waals surface area contributed by atoms with Crippen LogP contribution in [0.5, 0.6) is 0 Å². The van der Waals surface area contributed by atoms with Crippen LogP contribution in [-0.4, -0.2) is 35.4 Å². The van der Waals surface area contributed by atoms with Crippen LogP contribution < -0.4 is 0 Å². The Morgan fingerprint density at radius 3 is 2.77 bits per heavy atom. The summed E-state index contributed by atoms with van der Waals surface area (Å²) in [5.74, 6) is -0.705. The van der Waals surface area contributed by atoms with Gasteiger partial charge in [0.05, 0.1) is 6.10 Å². The molecule has 1 aromatic rings. The van der Waals surface area contributed by atoms with Crippen molar-refractivity contribution in [2.24, 2.45) is 0 Å². The average molecular weight is 360 g/mol. The van der Waals surface area contributed by atoms with Gasteiger partial charge in [0, 0.05) is 32.3 Å². The van der Waals surface area contributed by atoms with Crippen LogP contribution in [0.15, 0.2) is 42.5 Å². The molecule has 0 aliphatic carbocycles. The van der Waals surface area contributed by atoms with Gasteiger partial charge in [-0.3, -0.25) is 4.79 Å². The van der Waals surface area contributed by atoms with Gasteiger partial charge in [-0.1, -0.05) is 36.4 Å². The number of rotatable bonds is 10. The molecule has 2 rings (SSSR count). The van der Waals surface area contributed by atoms with Crippen LogP contribution in [0, 0.1) is 0 Å². The fourth-order valence-electron chi connectivity index (χ4n) is 3.22. The van der Waals surface area contributed by atoms with Gasteiger partial charge in [0.25, 0.3) is 0 Å². The second-order valence-corrected chi connectivity index (χ2v) is 6.79. The Morgan fingerprint density at radius 2 is 2.08 bits per heavy atom. The molecule has 1 heterocycles. The van der Waals surface area contributed by atoms with E-state index in [9.17, 15) is 14.7 Å². The molecule has 5 nitrogen and oxygen atoms in total. The predicted octanol–water partition coefficient (Wildman–Crippen LogP) is 3.34. The Bertz CT molecular complexity index is 596. The monoisotopic (exact) mass is 360 g/mol. The highest BCUT2D eigenvalue weighted by atomic mass is 16.5. The Kier molecular flexibility index (Phi) is 8.35. The summed E-state index contributed by atoms with van der Waals surface area (Å²) in [6.45, 7) is 1.39. The normalized spacial score (nSPS) is 18.8. The number of carbonyl (C=O) groups is 2. The molecule has 0 amide bonds. The number of aryl methyl sites for hydroxylation is 1. The van der Waals surface area contributed by atoms with Gasteiger partial charge < -0.3 is 14.6 Å². The van der Waals surface area contributed by atoms with Crippen molar-refractivity contribution in [3.05, 3.63) is 48.0 Å². The number of hydrogen-bond donors (Lipinski definition) is 1. The summed E-state index contributed by atoms with van der Waals surface area (Å²) in [6.07, 6.45) is 6.83. The van der Waals surface area contributed by atoms with Gasteiger partial charge in [-0.15, -0.1) is 0 Å². The first-order chi connectivity index (χ1) is 12.5. The molecular weight excluding hydrogens is 332 g/mol. The summed E-state index contributed by atoms with van der Waals surface area (Å²) in [4.78, 5) is 22.6. The number of unbranched alkanes of at least 4 members (excludes halogenated alkanes) is 1. The van der Waals surface area contributed by atoms with Crippen molar-refractivity contribution < 1.29 is 24.2 Å². The lowest BCUT2D eigenvalue weighted by atomic mass is 9.98. The van der Waals surface area contributed by atoms with E-state index in [1.54, 1.807) is 6.08 Å². The molecule has 3 atom stereocenters. The van der Waals surface area contributed by atoms with Crippen LogP contribution in [0.4, 0.5) is 0 Å². The van der Waals surface area contributed by atoms with E-state index in [-0.39, 0.29) is 24.1 Å². The molecule has 0 radical (unpaired) electrons. The molecule has 1 aliphatic heterocycles. The first-order valence-corrected chi connectivity index (χ1v) is 9.29. The molecule has 0 saturated heterocycles. The maximum absolute atomic E-state index is 11.3. The van der Waals surface area contributed by atoms with Crippen LogP contribution in [0.1, 0.15) is 51.0 Å². The lowest BCUT2D eigenvalue weighted by Gasteiger charge is -2.24. The summed E-state index contributed by atoms with van der Waals surface area (Å²) in [5, 5.41) is 10.3. The van der Waals surface area contributed by atoms with Gasteiger partial charge >= 0.3 is 11.9 Å². The van der Waals surface area contributed by atoms with Gasteiger partial charge in [-0.05, 0) is 31.2 Å². The topological polar surface area (TPSA) is 72.8 Å². The molecule has 0 bridgehead atoms. The number of benzene rings is 1. The van der Waals surface area contributed by atoms with Gasteiger partial charge in [0.2, 0.25) is 0 Å². The van der Waals surface area contributed by atoms with Crippen LogP contribution in [0.3, 0.4) is 0 Å². The van der Waals surface area contributed by atoms with E-state index in [0.717, 1.165) is 19.3 Å². The summed E-state index contributed by atoms with van der Waals surface area (Å²) >= 11 is 0. The van der Waals surface area contributed by atoms with Crippen molar-refractivity contribution >= 4 is 11.9 Å². The molecule has 142 valence electrons. The highest BCUT2D eigenvalue weighted by Crippen LogP contribution is 2.19. The number of hydrogen-bond acceptors (Lipinski definition) is 5. The largest absolute Gasteiger partial charge is 0.462 e. The molecule has 1 N–H and O–H groups in total. The molecule has 0 aromatic heterocycles. The third-order valence-electron chi connectivity index (χ3n) is 4.42. The van der Waals surface area contributed by atoms with Crippen molar-refractivity contribution in [3.8, 4) is 0 Å². The molecule has 0 fully saturated rings. The van der Waals surface area contributed by atoms with Crippen LogP contribution in [-0.2, 0) is 25.5 Å². The van der Waals surface area contributed by atoms with Crippen molar-refractivity contribution in [2.45, 2.75) is 70.2 Å². The summed E-state index contributed by atoms with van der Waals surface area (Å²) in [5.41, 5.74) is 1.30. The van der Waals surface area contributed by atoms with Gasteiger partial charge in [-0.25, -0.2) is 4.79 Å². The maximum atomic E-state index is 11.3. The zero-order valence-electron chi connectivity index (χ0n) is 15.3. The molecule has 5 heteroatoms. The smallest absolute Gasteiger partial charge is 0.330 e. The second-order valence-electron chi connectivity index (χ2n) is 6.79. The van der Waals surface area contributed by atoms with Crippen molar-refractivity contribution in [1.29, 1.82) is 0 Å². The van der Waals surface area contributed by atoms with Crippen LogP contribution >= 0.6 is 0 Å². The lowest BCUT2D eigenvalue weighted by Crippen LogP contribution is -2.29. The fourth-order valence-corrected chi connectivity index (χ4v) is 3.22. The van der Waals surface area contributed by atoms with E-state index in [1.807, 2.05) is 18.2 Å². The minimum Gasteiger partial charge on any atom is -0.462 e. The van der Waals surface area contributed by atoms with E-state index in [2.05, 4.69) is 12.1 Å². The Morgan fingerprint density at radius 1 is 1.31 bits per heavy atom. The molecule has 0 saturated carbocycles. The van der Waals surface area contributed by atoms with Gasteiger partial charge in [-0.2, -0.15) is 0 Å². The Hall–Kier alpha value is -2.14. The summed E-state index contributed by atoms with van der Waals surface area (Å²) < 4.78 is 10.5. The quantitative estimate of drug-likeness (QED) is 0.512. The first kappa shape index (κ1) is 20.2. The number of aliphatic hydroxyl groups is 1. The number of ether oxygens (including phenoxy) is 2. The van der Waals surface area contributed by atoms with Gasteiger partial charge in [0.1, 0.15) is 12.2 Å². The van der Waals surface area contributed by atoms with Gasteiger partial charge in [0.15, 0.2) is 0 Å². The fraction of sp³-hybridized carbons (Fsp3) is 0.524. The summed E-state index contributed by atoms with van der Waals surface area (Å²) in [6, 6.07) is 10.3. The van der Waals surface area contributed by atoms with E-state index >= 15 is 0 Å². The SMILES string of the molecule is CC(=O)O[C@H](CCCCc1ccccc1)C[C@H](O)C[C@H]1CC=CC(=O)O1. The van der Waals surface area contributed by atoms with E-state index < -0.39 is 6.10 Å². The Balaban J connectivity index is 1.73. The third kappa shape index (κ3) is 7.83. The van der Waals surface area contributed by atoms with Crippen LogP contribution in [0.2, 0.25) is 0 Å². The first-order valence-electron chi connectivity index (χ1n) is 9.29. The second kappa shape index (κ2) is 10.8. The zero-order chi connectivity index (χ0) is 18.8. The van der Waals surface area contributed by atoms with E-state index in [0.29, 0.717) is 25.7 Å². The predicted molar refractivity (Wildman–Crippen MR) is 98.4 cm³/mol. The maximum Gasteiger partial charge on any atom is 0.330 e. The summed E-state index contributed by atoms with van der Waals surface area (Å²) in [7, 11) is 0. The van der Waals surface area contributed by atoms with Crippen molar-refractivity contribution in [3.63, 3.8) is 0 Å².